The molecule has 2 aromatic rings. The van der Waals surface area contributed by atoms with Crippen molar-refractivity contribution in [3.8, 4) is 0 Å². The predicted octanol–water partition coefficient (Wildman–Crippen LogP) is 0.897. The highest BCUT2D eigenvalue weighted by molar-refractivity contribution is 7.80. The van der Waals surface area contributed by atoms with Crippen molar-refractivity contribution in [2.24, 2.45) is 10.8 Å². The van der Waals surface area contributed by atoms with Gasteiger partial charge in [-0.2, -0.15) is 5.10 Å². The summed E-state index contributed by atoms with van der Waals surface area (Å²) in [5, 5.41) is 3.88. The van der Waals surface area contributed by atoms with Crippen LogP contribution in [0.5, 0.6) is 0 Å². The van der Waals surface area contributed by atoms with Gasteiger partial charge in [-0.15, -0.1) is 0 Å². The van der Waals surface area contributed by atoms with Crippen molar-refractivity contribution in [2.45, 2.75) is 0 Å². The molecular formula is C13H11N5OS. The van der Waals surface area contributed by atoms with Crippen LogP contribution in [-0.4, -0.2) is 26.6 Å². The van der Waals surface area contributed by atoms with Gasteiger partial charge in [-0.1, -0.05) is 12.1 Å². The van der Waals surface area contributed by atoms with Crippen molar-refractivity contribution in [3.63, 3.8) is 0 Å². The van der Waals surface area contributed by atoms with Crippen LogP contribution in [0.25, 0.3) is 0 Å². The van der Waals surface area contributed by atoms with Gasteiger partial charge in [0.05, 0.1) is 5.69 Å². The molecule has 2 rings (SSSR count). The molecule has 100 valence electrons. The summed E-state index contributed by atoms with van der Waals surface area (Å²) in [6.45, 7) is 0. The first kappa shape index (κ1) is 13.8. The molecular weight excluding hydrogens is 274 g/mol. The number of aromatic nitrogens is 2. The number of nitrogens with two attached hydrogens (primary N) is 1. The molecule has 2 heterocycles. The second-order valence-corrected chi connectivity index (χ2v) is 4.14. The van der Waals surface area contributed by atoms with E-state index in [4.69, 9.17) is 5.73 Å². The Hall–Kier alpha value is -2.67. The average Bonchev–Trinajstić information content (AvgIpc) is 2.49. The lowest BCUT2D eigenvalue weighted by Crippen LogP contribution is -2.28. The summed E-state index contributed by atoms with van der Waals surface area (Å²) in [5.41, 5.74) is 8.50. The van der Waals surface area contributed by atoms with Crippen LogP contribution >= 0.6 is 12.2 Å². The summed E-state index contributed by atoms with van der Waals surface area (Å²) in [7, 11) is 0. The molecule has 20 heavy (non-hydrogen) atoms. The second kappa shape index (κ2) is 6.48. The van der Waals surface area contributed by atoms with Gasteiger partial charge in [0.25, 0.3) is 0 Å². The minimum Gasteiger partial charge on any atom is -0.375 e. The molecule has 2 aromatic heterocycles. The van der Waals surface area contributed by atoms with Crippen LogP contribution < -0.4 is 11.2 Å². The molecule has 7 heteroatoms. The Balaban J connectivity index is 2.40. The highest BCUT2D eigenvalue weighted by Crippen LogP contribution is 2.04. The van der Waals surface area contributed by atoms with Gasteiger partial charge in [0, 0.05) is 12.4 Å². The smallest absolute Gasteiger partial charge is 0.233 e. The number of hydrogen-bond acceptors (Lipinski definition) is 5. The first-order valence-electron chi connectivity index (χ1n) is 5.69. The summed E-state index contributed by atoms with van der Waals surface area (Å²) >= 11 is 4.68. The van der Waals surface area contributed by atoms with Crippen LogP contribution in [0.1, 0.15) is 16.2 Å². The number of carbonyl (C=O) groups is 1. The number of Topliss-reactive ketones (excluding diaryl/α,β-unsaturated/α-hetero) is 1. The van der Waals surface area contributed by atoms with Crippen LogP contribution in [0.4, 0.5) is 0 Å². The maximum atomic E-state index is 12.4. The number of carbonyl (C=O) groups excluding carboxylic acids is 1. The lowest BCUT2D eigenvalue weighted by molar-refractivity contribution is 0.106. The zero-order valence-corrected chi connectivity index (χ0v) is 11.2. The van der Waals surface area contributed by atoms with Gasteiger partial charge >= 0.3 is 0 Å². The van der Waals surface area contributed by atoms with Crippen LogP contribution in [0, 0.1) is 0 Å². The molecule has 0 amide bonds. The SMILES string of the molecule is NC(=S)NN=C(C(=O)c1ccccn1)c1ccccn1. The van der Waals surface area contributed by atoms with Gasteiger partial charge in [0.15, 0.2) is 10.8 Å². The summed E-state index contributed by atoms with van der Waals surface area (Å²) < 4.78 is 0. The third-order valence-electron chi connectivity index (χ3n) is 2.30. The molecule has 0 spiro atoms. The number of pyridine rings is 2. The fraction of sp³-hybridized carbons (Fsp3) is 0. The third kappa shape index (κ3) is 3.42. The van der Waals surface area contributed by atoms with Crippen LogP contribution in [-0.2, 0) is 0 Å². The van der Waals surface area contributed by atoms with Gasteiger partial charge in [-0.3, -0.25) is 20.2 Å². The van der Waals surface area contributed by atoms with Crippen molar-refractivity contribution in [3.05, 3.63) is 60.2 Å². The Morgan fingerprint density at radius 1 is 1.10 bits per heavy atom. The standard InChI is InChI=1S/C13H11N5OS/c14-13(20)18-17-11(9-5-1-3-7-15-9)12(19)10-6-2-4-8-16-10/h1-8H,(H3,14,18,20). The number of nitrogens with one attached hydrogen (secondary N) is 1. The van der Waals surface area contributed by atoms with Crippen molar-refractivity contribution < 1.29 is 4.79 Å². The van der Waals surface area contributed by atoms with Crippen molar-refractivity contribution in [2.75, 3.05) is 0 Å². The Labute approximate surface area is 120 Å². The van der Waals surface area contributed by atoms with E-state index >= 15 is 0 Å². The summed E-state index contributed by atoms with van der Waals surface area (Å²) in [4.78, 5) is 20.5. The predicted molar refractivity (Wildman–Crippen MR) is 79.3 cm³/mol. The minimum absolute atomic E-state index is 0.0350. The largest absolute Gasteiger partial charge is 0.375 e. The number of hydrazone groups is 1. The molecule has 0 aromatic carbocycles. The van der Waals surface area contributed by atoms with E-state index in [1.165, 1.54) is 6.20 Å². The highest BCUT2D eigenvalue weighted by atomic mass is 32.1. The minimum atomic E-state index is -0.368. The van der Waals surface area contributed by atoms with Crippen LogP contribution in [0.3, 0.4) is 0 Å². The number of ketones is 1. The normalized spacial score (nSPS) is 10.9. The van der Waals surface area contributed by atoms with Crippen LogP contribution in [0.2, 0.25) is 0 Å². The molecule has 0 atom stereocenters. The zero-order chi connectivity index (χ0) is 14.4. The molecule has 0 unspecified atom stereocenters. The summed E-state index contributed by atoms with van der Waals surface area (Å²) in [6.07, 6.45) is 3.10. The molecule has 0 aliphatic rings. The van der Waals surface area contributed by atoms with E-state index in [-0.39, 0.29) is 22.3 Å². The molecule has 0 saturated carbocycles. The summed E-state index contributed by atoms with van der Waals surface area (Å²) in [5.74, 6) is -0.368. The quantitative estimate of drug-likeness (QED) is 0.375. The Morgan fingerprint density at radius 2 is 1.70 bits per heavy atom. The topological polar surface area (TPSA) is 93.3 Å². The first-order valence-corrected chi connectivity index (χ1v) is 6.09. The number of rotatable bonds is 4. The van der Waals surface area contributed by atoms with E-state index in [0.717, 1.165) is 0 Å². The number of nitrogens with zero attached hydrogens (tertiary/aromatic N) is 3. The van der Waals surface area contributed by atoms with E-state index in [1.54, 1.807) is 42.6 Å². The molecule has 0 fully saturated rings. The molecule has 0 radical (unpaired) electrons. The van der Waals surface area contributed by atoms with E-state index in [2.05, 4.69) is 32.7 Å². The van der Waals surface area contributed by atoms with Gasteiger partial charge in [-0.05, 0) is 36.5 Å². The molecule has 0 bridgehead atoms. The second-order valence-electron chi connectivity index (χ2n) is 3.70. The first-order chi connectivity index (χ1) is 9.68. The highest BCUT2D eigenvalue weighted by Gasteiger charge is 2.18. The monoisotopic (exact) mass is 285 g/mol. The van der Waals surface area contributed by atoms with E-state index in [9.17, 15) is 4.79 Å². The lowest BCUT2D eigenvalue weighted by atomic mass is 10.1. The van der Waals surface area contributed by atoms with Gasteiger partial charge < -0.3 is 5.73 Å². The maximum absolute atomic E-state index is 12.4. The van der Waals surface area contributed by atoms with Crippen LogP contribution in [0.15, 0.2) is 53.9 Å². The average molecular weight is 285 g/mol. The fourth-order valence-electron chi connectivity index (χ4n) is 1.46. The molecule has 6 nitrogen and oxygen atoms in total. The molecule has 0 aliphatic heterocycles. The van der Waals surface area contributed by atoms with E-state index in [0.29, 0.717) is 5.69 Å². The van der Waals surface area contributed by atoms with E-state index in [1.807, 2.05) is 0 Å². The molecule has 3 N–H and O–H groups in total. The Kier molecular flexibility index (Phi) is 4.46. The number of hydrogen-bond donors (Lipinski definition) is 2. The van der Waals surface area contributed by atoms with Gasteiger partial charge in [0.2, 0.25) is 5.78 Å². The maximum Gasteiger partial charge on any atom is 0.233 e. The molecule has 0 saturated heterocycles. The molecule has 0 aliphatic carbocycles. The number of thiocarbonyl (C=S) groups is 1. The Bertz CT molecular complexity index is 642. The third-order valence-corrected chi connectivity index (χ3v) is 2.39. The lowest BCUT2D eigenvalue weighted by Gasteiger charge is -2.05. The van der Waals surface area contributed by atoms with Crippen molar-refractivity contribution in [1.82, 2.24) is 15.4 Å². The zero-order valence-electron chi connectivity index (χ0n) is 10.4. The van der Waals surface area contributed by atoms with Crippen molar-refractivity contribution >= 4 is 28.8 Å². The van der Waals surface area contributed by atoms with Crippen molar-refractivity contribution in [1.29, 1.82) is 0 Å². The fourth-order valence-corrected chi connectivity index (χ4v) is 1.50. The Morgan fingerprint density at radius 3 is 2.20 bits per heavy atom. The summed E-state index contributed by atoms with van der Waals surface area (Å²) in [6, 6.07) is 10.2. The van der Waals surface area contributed by atoms with Gasteiger partial charge in [0.1, 0.15) is 5.69 Å². The van der Waals surface area contributed by atoms with E-state index < -0.39 is 0 Å². The van der Waals surface area contributed by atoms with Gasteiger partial charge in [-0.25, -0.2) is 0 Å².